The van der Waals surface area contributed by atoms with Crippen LogP contribution in [-0.2, 0) is 71.8 Å². The zero-order chi connectivity index (χ0) is 61.1. The van der Waals surface area contributed by atoms with E-state index in [0.717, 1.165) is 0 Å². The summed E-state index contributed by atoms with van der Waals surface area (Å²) in [5.41, 5.74) is 2.70. The summed E-state index contributed by atoms with van der Waals surface area (Å²) in [6.45, 7) is 15.9. The Balaban J connectivity index is -0.000000228. The second-order valence-electron chi connectivity index (χ2n) is 18.9. The molecule has 0 aliphatic heterocycles. The van der Waals surface area contributed by atoms with Gasteiger partial charge in [-0.25, -0.2) is 53.9 Å². The maximum atomic E-state index is 13.6. The van der Waals surface area contributed by atoms with Crippen LogP contribution in [0.1, 0.15) is 107 Å². The minimum Gasteiger partial charge on any atom is -1.00 e. The SMILES string of the molecule is CC(C)(C)OC(=O)N[C@@H](CC(=O)O)Cc1cc(F)c(F)cc1F.CC(C)(C)OC(=O)OC(=O)OC(C)(C)C.COC(=O)C[C@@H](Cc1cc(F)c(F)cc1F)NC(C)=O.Cl.N[C@@H](CC(=O)O)Cc1cc(F)c(F)cc1F.O=CO[O-].[H-].[Na+].[Na+]. The number of nitrogens with one attached hydrogen (secondary N) is 2. The number of carbonyl (C=O) groups is 8. The van der Waals surface area contributed by atoms with E-state index in [1.54, 1.807) is 62.3 Å². The van der Waals surface area contributed by atoms with E-state index in [2.05, 4.69) is 25.0 Å². The van der Waals surface area contributed by atoms with Crippen molar-refractivity contribution in [1.29, 1.82) is 0 Å². The first kappa shape index (κ1) is 84.4. The molecule has 3 rings (SSSR count). The van der Waals surface area contributed by atoms with Gasteiger partial charge in [-0.15, -0.1) is 12.4 Å². The third-order valence-electron chi connectivity index (χ3n) is 8.29. The number of rotatable bonds is 15. The van der Waals surface area contributed by atoms with Gasteiger partial charge in [0, 0.05) is 43.2 Å². The van der Waals surface area contributed by atoms with Gasteiger partial charge in [0.2, 0.25) is 5.91 Å². The van der Waals surface area contributed by atoms with Crippen molar-refractivity contribution in [3.8, 4) is 0 Å². The van der Waals surface area contributed by atoms with Crippen LogP contribution in [0.15, 0.2) is 36.4 Å². The van der Waals surface area contributed by atoms with Gasteiger partial charge >= 0.3 is 95.4 Å². The van der Waals surface area contributed by atoms with Crippen molar-refractivity contribution in [3.63, 3.8) is 0 Å². The van der Waals surface area contributed by atoms with Crippen molar-refractivity contribution in [3.05, 3.63) is 105 Å². The Labute approximate surface area is 512 Å². The van der Waals surface area contributed by atoms with Gasteiger partial charge in [0.05, 0.1) is 26.4 Å². The molecule has 0 aliphatic carbocycles. The number of methoxy groups -OCH3 is 1. The fourth-order valence-electron chi connectivity index (χ4n) is 5.49. The van der Waals surface area contributed by atoms with Crippen LogP contribution >= 0.6 is 12.4 Å². The van der Waals surface area contributed by atoms with Gasteiger partial charge in [-0.2, -0.15) is 0 Å². The van der Waals surface area contributed by atoms with E-state index in [-0.39, 0.29) is 128 Å². The first-order chi connectivity index (χ1) is 35.6. The molecule has 0 saturated heterocycles. The van der Waals surface area contributed by atoms with E-state index in [0.29, 0.717) is 36.4 Å². The fraction of sp³-hybridized carbons (Fsp3) is 0.469. The van der Waals surface area contributed by atoms with Gasteiger partial charge in [-0.05, 0) is 116 Å². The standard InChI is InChI=1S/C15H18F3NO4.C13H14F3NO3.C10H10F3NO2.C10H18O5.CH2O3.ClH.2Na.H/c1-15(2,3)23-14(22)19-9(6-13(20)21)4-8-5-11(17)12(18)7-10(8)16;1-7(18)17-9(5-13(19)20-2)3-8-4-11(15)12(16)6-10(8)14;11-7-4-9(13)8(12)2-5(7)1-6(14)3-10(15)16;1-9(2,3)14-7(11)13-8(12)15-10(4,5)6;2-1-4-3;;;;/h5,7,9H,4,6H2,1-3H3,(H,19,22)(H,20,21);4,6,9H,3,5H2,1-2H3,(H,17,18);2,4,6H,1,3,14H2,(H,15,16);1-6H3;1,3H;1H;;;/q;;;;;;2*+1;-1/p-1/t2*9-;6-;;;;;;/m111....../s1. The Bertz CT molecular complexity index is 2500. The molecule has 0 spiro atoms. The van der Waals surface area contributed by atoms with Gasteiger partial charge in [0.1, 0.15) is 34.3 Å². The van der Waals surface area contributed by atoms with Crippen LogP contribution in [0.4, 0.5) is 53.9 Å². The van der Waals surface area contributed by atoms with E-state index in [1.807, 2.05) is 0 Å². The van der Waals surface area contributed by atoms with Gasteiger partial charge in [0.15, 0.2) is 34.9 Å². The topological polar surface area (TPSA) is 306 Å². The van der Waals surface area contributed by atoms with E-state index in [4.69, 9.17) is 40.2 Å². The van der Waals surface area contributed by atoms with Crippen molar-refractivity contribution in [2.24, 2.45) is 5.73 Å². The van der Waals surface area contributed by atoms with Crippen molar-refractivity contribution in [1.82, 2.24) is 10.6 Å². The smallest absolute Gasteiger partial charge is 1.00 e. The van der Waals surface area contributed by atoms with Gasteiger partial charge in [-0.3, -0.25) is 24.0 Å². The first-order valence-electron chi connectivity index (χ1n) is 22.4. The Morgan fingerprint density at radius 1 is 0.568 bits per heavy atom. The van der Waals surface area contributed by atoms with Crippen LogP contribution in [0.5, 0.6) is 0 Å². The molecule has 20 nitrogen and oxygen atoms in total. The summed E-state index contributed by atoms with van der Waals surface area (Å²) in [6.07, 6.45) is -4.73. The van der Waals surface area contributed by atoms with E-state index in [1.165, 1.54) is 14.0 Å². The Hall–Kier alpha value is -5.40. The number of amides is 2. The van der Waals surface area contributed by atoms with Crippen LogP contribution in [0.2, 0.25) is 0 Å². The number of alkyl carbamates (subject to hydrolysis) is 1. The average molecular weight is 1220 g/mol. The summed E-state index contributed by atoms with van der Waals surface area (Å²) in [7, 11) is 1.17. The van der Waals surface area contributed by atoms with Crippen LogP contribution in [0.3, 0.4) is 0 Å². The average Bonchev–Trinajstić information content (AvgIpc) is 3.24. The van der Waals surface area contributed by atoms with Gasteiger partial charge in [-0.1, -0.05) is 0 Å². The number of halogens is 10. The molecule has 0 bridgehead atoms. The molecule has 6 N–H and O–H groups in total. The van der Waals surface area contributed by atoms with E-state index >= 15 is 0 Å². The number of ether oxygens (including phenoxy) is 5. The molecule has 0 fully saturated rings. The van der Waals surface area contributed by atoms with E-state index in [9.17, 15) is 73.1 Å². The summed E-state index contributed by atoms with van der Waals surface area (Å²) in [6, 6.07) is 0.596. The Morgan fingerprint density at radius 2 is 0.877 bits per heavy atom. The number of hydrogen-bond acceptors (Lipinski definition) is 16. The third kappa shape index (κ3) is 42.1. The molecule has 0 radical (unpaired) electrons. The van der Waals surface area contributed by atoms with Gasteiger partial charge in [0.25, 0.3) is 6.47 Å². The van der Waals surface area contributed by atoms with Crippen LogP contribution in [-0.4, -0.2) is 101 Å². The van der Waals surface area contributed by atoms with E-state index < -0.39 is 136 Å². The van der Waals surface area contributed by atoms with Gasteiger partial charge < -0.3 is 61.8 Å². The first-order valence-corrected chi connectivity index (χ1v) is 22.4. The van der Waals surface area contributed by atoms with Crippen molar-refractivity contribution in [2.75, 3.05) is 7.11 Å². The molecule has 2 amide bonds. The maximum absolute atomic E-state index is 13.6. The minimum atomic E-state index is -1.35. The van der Waals surface area contributed by atoms with Crippen LogP contribution in [0, 0.1) is 52.4 Å². The second-order valence-corrected chi connectivity index (χ2v) is 18.9. The molecule has 3 atom stereocenters. The summed E-state index contributed by atoms with van der Waals surface area (Å²) in [4.78, 5) is 88.3. The molecule has 0 unspecified atom stereocenters. The molecular formula is C49H63ClF9N3Na2O17. The monoisotopic (exact) mass is 1220 g/mol. The molecule has 0 saturated carbocycles. The predicted octanol–water partition coefficient (Wildman–Crippen LogP) is 2.03. The minimum absolute atomic E-state index is 0. The Kier molecular flexibility index (Phi) is 42.5. The molecule has 81 heavy (non-hydrogen) atoms. The molecule has 0 aromatic heterocycles. The molecule has 448 valence electrons. The number of carbonyl (C=O) groups excluding carboxylic acids is 6. The number of carboxylic acid groups (broad SMARTS) is 2. The molecule has 32 heteroatoms. The van der Waals surface area contributed by atoms with Crippen LogP contribution < -0.4 is 80.7 Å². The predicted molar refractivity (Wildman–Crippen MR) is 259 cm³/mol. The molecule has 0 aliphatic rings. The number of carboxylic acids is 2. The zero-order valence-corrected chi connectivity index (χ0v) is 51.2. The van der Waals surface area contributed by atoms with Crippen molar-refractivity contribution in [2.45, 2.75) is 143 Å². The van der Waals surface area contributed by atoms with Crippen molar-refractivity contribution >= 4 is 61.1 Å². The largest absolute Gasteiger partial charge is 1.00 e. The molecule has 3 aromatic carbocycles. The maximum Gasteiger partial charge on any atom is 1.00 e. The third-order valence-corrected chi connectivity index (χ3v) is 8.29. The molecule has 3 aromatic rings. The number of aliphatic carboxylic acids is 2. The quantitative estimate of drug-likeness (QED) is 0.0167. The van der Waals surface area contributed by atoms with Crippen molar-refractivity contribution < 1.29 is 182 Å². The summed E-state index contributed by atoms with van der Waals surface area (Å²) >= 11 is 0. The Morgan fingerprint density at radius 3 is 1.16 bits per heavy atom. The molecular weight excluding hydrogens is 1150 g/mol. The van der Waals surface area contributed by atoms with Crippen LogP contribution in [0.25, 0.3) is 0 Å². The normalized spacial score (nSPS) is 11.4. The number of nitrogens with two attached hydrogens (primary N) is 1. The fourth-order valence-corrected chi connectivity index (χ4v) is 5.49. The number of esters is 1. The zero-order valence-electron chi connectivity index (χ0n) is 47.4. The number of hydrogen-bond donors (Lipinski definition) is 5. The summed E-state index contributed by atoms with van der Waals surface area (Å²) < 4.78 is 141. The number of benzene rings is 3. The summed E-state index contributed by atoms with van der Waals surface area (Å²) in [5.74, 6) is -13.9. The summed E-state index contributed by atoms with van der Waals surface area (Å²) in [5, 5.41) is 30.4. The molecule has 0 heterocycles. The second kappa shape index (κ2) is 40.7.